The zero-order valence-electron chi connectivity index (χ0n) is 16.5. The SMILES string of the molecule is O=C(NNC1C([O-])C(N(c2ccc(F)cc2)c2cc(F)cc(F)c2)C1[O-])c1ccccc1. The highest BCUT2D eigenvalue weighted by Gasteiger charge is 2.41. The minimum atomic E-state index is -1.55. The summed E-state index contributed by atoms with van der Waals surface area (Å²) in [4.78, 5) is 13.4. The lowest BCUT2D eigenvalue weighted by Crippen LogP contribution is -2.83. The van der Waals surface area contributed by atoms with Crippen molar-refractivity contribution in [1.29, 1.82) is 0 Å². The summed E-state index contributed by atoms with van der Waals surface area (Å²) in [6, 6.07) is 13.3. The fourth-order valence-electron chi connectivity index (χ4n) is 3.70. The van der Waals surface area contributed by atoms with Gasteiger partial charge >= 0.3 is 0 Å². The van der Waals surface area contributed by atoms with E-state index in [1.165, 1.54) is 17.0 Å². The quantitative estimate of drug-likeness (QED) is 0.565. The standard InChI is InChI=1S/C23H18F3N3O3/c24-14-6-8-17(9-7-14)29(18-11-15(25)10-16(26)12-18)20-21(30)19(22(20)31)27-28-23(32)13-4-2-1-3-5-13/h1-12,19-22,27H,(H,28,32)/q-2. The number of hydrogen-bond acceptors (Lipinski definition) is 5. The van der Waals surface area contributed by atoms with Gasteiger partial charge < -0.3 is 15.1 Å². The Morgan fingerprint density at radius 3 is 1.97 bits per heavy atom. The normalized spacial score (nSPS) is 22.2. The molecule has 1 amide bonds. The molecule has 0 radical (unpaired) electrons. The van der Waals surface area contributed by atoms with Gasteiger partial charge in [-0.3, -0.25) is 10.2 Å². The van der Waals surface area contributed by atoms with Crippen molar-refractivity contribution in [2.75, 3.05) is 4.90 Å². The highest BCUT2D eigenvalue weighted by molar-refractivity contribution is 5.93. The van der Waals surface area contributed by atoms with Crippen LogP contribution in [0.15, 0.2) is 72.8 Å². The highest BCUT2D eigenvalue weighted by atomic mass is 19.1. The maximum absolute atomic E-state index is 13.9. The summed E-state index contributed by atoms with van der Waals surface area (Å²) < 4.78 is 41.1. The van der Waals surface area contributed by atoms with Crippen molar-refractivity contribution in [2.24, 2.45) is 0 Å². The van der Waals surface area contributed by atoms with E-state index in [4.69, 9.17) is 0 Å². The molecule has 0 heterocycles. The molecule has 2 N–H and O–H groups in total. The van der Waals surface area contributed by atoms with Gasteiger partial charge in [-0.15, -0.1) is 0 Å². The van der Waals surface area contributed by atoms with Crippen LogP contribution in [0.4, 0.5) is 24.5 Å². The molecule has 1 saturated carbocycles. The molecule has 0 spiro atoms. The molecule has 3 aromatic rings. The summed E-state index contributed by atoms with van der Waals surface area (Å²) >= 11 is 0. The molecule has 166 valence electrons. The molecule has 0 aliphatic heterocycles. The maximum Gasteiger partial charge on any atom is 0.265 e. The van der Waals surface area contributed by atoms with Gasteiger partial charge in [-0.1, -0.05) is 30.4 Å². The number of hydrazine groups is 1. The number of nitrogens with one attached hydrogen (secondary N) is 2. The van der Waals surface area contributed by atoms with E-state index >= 15 is 0 Å². The second-order valence-corrected chi connectivity index (χ2v) is 7.38. The molecule has 1 aliphatic rings. The number of benzene rings is 3. The number of amides is 1. The predicted molar refractivity (Wildman–Crippen MR) is 107 cm³/mol. The van der Waals surface area contributed by atoms with Crippen LogP contribution in [0.5, 0.6) is 0 Å². The van der Waals surface area contributed by atoms with E-state index in [1.54, 1.807) is 30.3 Å². The number of hydrogen-bond donors (Lipinski definition) is 2. The van der Waals surface area contributed by atoms with Crippen molar-refractivity contribution < 1.29 is 28.2 Å². The second-order valence-electron chi connectivity index (χ2n) is 7.38. The Kier molecular flexibility index (Phi) is 6.13. The first-order valence-electron chi connectivity index (χ1n) is 9.78. The maximum atomic E-state index is 13.9. The highest BCUT2D eigenvalue weighted by Crippen LogP contribution is 2.36. The van der Waals surface area contributed by atoms with Gasteiger partial charge in [0.05, 0.1) is 0 Å². The topological polar surface area (TPSA) is 90.5 Å². The monoisotopic (exact) mass is 441 g/mol. The van der Waals surface area contributed by atoms with Crippen molar-refractivity contribution >= 4 is 17.3 Å². The van der Waals surface area contributed by atoms with Crippen molar-refractivity contribution in [2.45, 2.75) is 24.3 Å². The lowest BCUT2D eigenvalue weighted by atomic mass is 9.78. The molecule has 0 bridgehead atoms. The fraction of sp³-hybridized carbons (Fsp3) is 0.174. The first-order valence-corrected chi connectivity index (χ1v) is 9.78. The van der Waals surface area contributed by atoms with Gasteiger partial charge in [-0.05, 0) is 48.5 Å². The van der Waals surface area contributed by atoms with Crippen LogP contribution in [0.1, 0.15) is 10.4 Å². The Hall–Kier alpha value is -3.40. The number of carbonyl (C=O) groups excluding carboxylic acids is 1. The Morgan fingerprint density at radius 1 is 0.781 bits per heavy atom. The second kappa shape index (κ2) is 8.99. The number of carbonyl (C=O) groups is 1. The third kappa shape index (κ3) is 4.31. The van der Waals surface area contributed by atoms with Crippen molar-refractivity contribution in [3.05, 3.63) is 95.8 Å². The number of rotatable bonds is 6. The van der Waals surface area contributed by atoms with E-state index < -0.39 is 47.7 Å². The minimum absolute atomic E-state index is 0.0485. The molecule has 32 heavy (non-hydrogen) atoms. The summed E-state index contributed by atoms with van der Waals surface area (Å²) in [6.07, 6.45) is -3.10. The Morgan fingerprint density at radius 2 is 1.38 bits per heavy atom. The molecule has 9 heteroatoms. The predicted octanol–water partition coefficient (Wildman–Crippen LogP) is 1.39. The van der Waals surface area contributed by atoms with Gasteiger partial charge in [0.25, 0.3) is 5.91 Å². The summed E-state index contributed by atoms with van der Waals surface area (Å²) in [5.74, 6) is -2.84. The van der Waals surface area contributed by atoms with Crippen LogP contribution in [0.2, 0.25) is 0 Å². The van der Waals surface area contributed by atoms with E-state index in [0.717, 1.165) is 24.3 Å². The first-order chi connectivity index (χ1) is 15.3. The Labute approximate surface area is 181 Å². The van der Waals surface area contributed by atoms with Crippen LogP contribution in [-0.4, -0.2) is 30.2 Å². The van der Waals surface area contributed by atoms with Crippen LogP contribution in [0.25, 0.3) is 0 Å². The van der Waals surface area contributed by atoms with Gasteiger partial charge in [0.1, 0.15) is 17.5 Å². The van der Waals surface area contributed by atoms with Crippen LogP contribution < -0.4 is 26.0 Å². The first kappa shape index (κ1) is 21.8. The number of anilines is 2. The average molecular weight is 441 g/mol. The smallest absolute Gasteiger partial charge is 0.265 e. The summed E-state index contributed by atoms with van der Waals surface area (Å²) in [7, 11) is 0. The number of nitrogens with zero attached hydrogens (tertiary/aromatic N) is 1. The summed E-state index contributed by atoms with van der Waals surface area (Å²) in [6.45, 7) is 0. The molecule has 0 aromatic heterocycles. The van der Waals surface area contributed by atoms with E-state index in [-0.39, 0.29) is 11.4 Å². The van der Waals surface area contributed by atoms with Gasteiger partial charge in [-0.2, -0.15) is 0 Å². The van der Waals surface area contributed by atoms with E-state index in [1.807, 2.05) is 0 Å². The molecule has 2 unspecified atom stereocenters. The average Bonchev–Trinajstić information content (AvgIpc) is 2.78. The zero-order chi connectivity index (χ0) is 22.8. The molecule has 3 aromatic carbocycles. The van der Waals surface area contributed by atoms with Crippen LogP contribution in [0.3, 0.4) is 0 Å². The molecular formula is C23H18F3N3O3-2. The van der Waals surface area contributed by atoms with E-state index in [0.29, 0.717) is 11.6 Å². The minimum Gasteiger partial charge on any atom is -0.849 e. The lowest BCUT2D eigenvalue weighted by molar-refractivity contribution is -0.533. The Bertz CT molecular complexity index is 1070. The van der Waals surface area contributed by atoms with Gasteiger partial charge in [0.15, 0.2) is 0 Å². The molecule has 0 saturated heterocycles. The van der Waals surface area contributed by atoms with Crippen LogP contribution in [-0.2, 0) is 0 Å². The number of halogens is 3. The zero-order valence-corrected chi connectivity index (χ0v) is 16.5. The van der Waals surface area contributed by atoms with Gasteiger partial charge in [0, 0.05) is 35.1 Å². The van der Waals surface area contributed by atoms with E-state index in [2.05, 4.69) is 10.9 Å². The molecule has 6 nitrogen and oxygen atoms in total. The molecule has 4 rings (SSSR count). The summed E-state index contributed by atoms with van der Waals surface area (Å²) in [5.41, 5.74) is 5.35. The van der Waals surface area contributed by atoms with Crippen LogP contribution in [0, 0.1) is 17.5 Å². The third-order valence-corrected chi connectivity index (χ3v) is 5.30. The lowest BCUT2D eigenvalue weighted by Gasteiger charge is -2.64. The summed E-state index contributed by atoms with van der Waals surface area (Å²) in [5, 5.41) is 25.8. The van der Waals surface area contributed by atoms with Crippen molar-refractivity contribution in [1.82, 2.24) is 10.9 Å². The third-order valence-electron chi connectivity index (χ3n) is 5.30. The Balaban J connectivity index is 1.56. The molecule has 2 atom stereocenters. The molecular weight excluding hydrogens is 423 g/mol. The largest absolute Gasteiger partial charge is 0.849 e. The fourth-order valence-corrected chi connectivity index (χ4v) is 3.70. The van der Waals surface area contributed by atoms with Crippen LogP contribution >= 0.6 is 0 Å². The molecule has 1 fully saturated rings. The van der Waals surface area contributed by atoms with Crippen molar-refractivity contribution in [3.63, 3.8) is 0 Å². The van der Waals surface area contributed by atoms with E-state index in [9.17, 15) is 28.2 Å². The van der Waals surface area contributed by atoms with Crippen molar-refractivity contribution in [3.8, 4) is 0 Å². The van der Waals surface area contributed by atoms with Gasteiger partial charge in [-0.25, -0.2) is 18.6 Å². The molecule has 1 aliphatic carbocycles. The van der Waals surface area contributed by atoms with Gasteiger partial charge in [0.2, 0.25) is 0 Å².